The van der Waals surface area contributed by atoms with Gasteiger partial charge in [0.2, 0.25) is 5.91 Å². The van der Waals surface area contributed by atoms with Gasteiger partial charge < -0.3 is 10.2 Å². The van der Waals surface area contributed by atoms with Crippen molar-refractivity contribution >= 4 is 11.8 Å². The first-order chi connectivity index (χ1) is 13.2. The maximum atomic E-state index is 13.0. The molecule has 1 N–H and O–H groups in total. The Morgan fingerprint density at radius 3 is 2.36 bits per heavy atom. The predicted octanol–water partition coefficient (Wildman–Crippen LogP) is 4.44. The Morgan fingerprint density at radius 2 is 1.75 bits per heavy atom. The van der Waals surface area contributed by atoms with Crippen LogP contribution in [0.3, 0.4) is 0 Å². The van der Waals surface area contributed by atoms with Gasteiger partial charge in [-0.25, -0.2) is 0 Å². The van der Waals surface area contributed by atoms with Crippen molar-refractivity contribution in [2.24, 2.45) is 0 Å². The highest BCUT2D eigenvalue weighted by molar-refractivity contribution is 5.96. The van der Waals surface area contributed by atoms with Crippen LogP contribution in [0.2, 0.25) is 0 Å². The van der Waals surface area contributed by atoms with Crippen LogP contribution in [-0.4, -0.2) is 30.3 Å². The zero-order valence-electron chi connectivity index (χ0n) is 15.8. The molecule has 0 aliphatic rings. The average molecular weight is 392 g/mol. The van der Waals surface area contributed by atoms with Crippen LogP contribution >= 0.6 is 0 Å². The molecule has 0 radical (unpaired) electrons. The summed E-state index contributed by atoms with van der Waals surface area (Å²) in [6, 6.07) is 12.9. The van der Waals surface area contributed by atoms with Crippen molar-refractivity contribution in [1.29, 1.82) is 0 Å². The van der Waals surface area contributed by atoms with Crippen molar-refractivity contribution in [3.8, 4) is 0 Å². The lowest BCUT2D eigenvalue weighted by Crippen LogP contribution is -2.39. The lowest BCUT2D eigenvalue weighted by atomic mass is 10.00. The number of halogens is 3. The van der Waals surface area contributed by atoms with E-state index in [0.717, 1.165) is 12.1 Å². The molecule has 2 aromatic rings. The van der Waals surface area contributed by atoms with Gasteiger partial charge in [0.15, 0.2) is 0 Å². The molecule has 1 unspecified atom stereocenters. The van der Waals surface area contributed by atoms with Gasteiger partial charge in [-0.15, -0.1) is 0 Å². The quantitative estimate of drug-likeness (QED) is 0.758. The molecule has 0 spiro atoms. The second-order valence-electron chi connectivity index (χ2n) is 6.56. The number of nitrogens with zero attached hydrogens (tertiary/aromatic N) is 1. The van der Waals surface area contributed by atoms with Crippen molar-refractivity contribution in [3.63, 3.8) is 0 Å². The SMILES string of the molecule is CCCC(NC(=O)CN(C)C(=O)c1ccccc1)c1cccc(C(F)(F)F)c1. The van der Waals surface area contributed by atoms with Gasteiger partial charge in [0.1, 0.15) is 0 Å². The summed E-state index contributed by atoms with van der Waals surface area (Å²) in [6.45, 7) is 1.70. The Balaban J connectivity index is 2.07. The maximum Gasteiger partial charge on any atom is 0.416 e. The van der Waals surface area contributed by atoms with Gasteiger partial charge in [0, 0.05) is 12.6 Å². The Labute approximate surface area is 162 Å². The topological polar surface area (TPSA) is 49.4 Å². The summed E-state index contributed by atoms with van der Waals surface area (Å²) in [5.74, 6) is -0.732. The van der Waals surface area contributed by atoms with Crippen molar-refractivity contribution in [3.05, 3.63) is 71.3 Å². The van der Waals surface area contributed by atoms with E-state index in [2.05, 4.69) is 5.32 Å². The lowest BCUT2D eigenvalue weighted by Gasteiger charge is -2.22. The molecule has 1 atom stereocenters. The maximum absolute atomic E-state index is 13.0. The van der Waals surface area contributed by atoms with Gasteiger partial charge in [-0.1, -0.05) is 43.7 Å². The van der Waals surface area contributed by atoms with Gasteiger partial charge in [0.25, 0.3) is 5.91 Å². The molecule has 0 fully saturated rings. The zero-order valence-corrected chi connectivity index (χ0v) is 15.8. The summed E-state index contributed by atoms with van der Waals surface area (Å²) in [6.07, 6.45) is -3.28. The normalized spacial score (nSPS) is 12.3. The molecule has 0 bridgehead atoms. The monoisotopic (exact) mass is 392 g/mol. The van der Waals surface area contributed by atoms with Crippen LogP contribution in [-0.2, 0) is 11.0 Å². The van der Waals surface area contributed by atoms with Crippen LogP contribution in [0.1, 0.15) is 47.3 Å². The van der Waals surface area contributed by atoms with E-state index in [4.69, 9.17) is 0 Å². The van der Waals surface area contributed by atoms with E-state index in [1.54, 1.807) is 36.4 Å². The third kappa shape index (κ3) is 5.84. The smallest absolute Gasteiger partial charge is 0.348 e. The van der Waals surface area contributed by atoms with E-state index in [1.165, 1.54) is 18.0 Å². The standard InChI is InChI=1S/C21H23F3N2O2/c1-3-8-18(16-11-7-12-17(13-16)21(22,23)24)25-19(27)14-26(2)20(28)15-9-5-4-6-10-15/h4-7,9-13,18H,3,8,14H2,1-2H3,(H,25,27). The zero-order chi connectivity index (χ0) is 20.7. The van der Waals surface area contributed by atoms with Crippen molar-refractivity contribution in [1.82, 2.24) is 10.2 Å². The van der Waals surface area contributed by atoms with E-state index in [1.807, 2.05) is 6.92 Å². The van der Waals surface area contributed by atoms with Crippen LogP contribution in [0.4, 0.5) is 13.2 Å². The second-order valence-corrected chi connectivity index (χ2v) is 6.56. The summed E-state index contributed by atoms with van der Waals surface area (Å²) in [5, 5.41) is 2.75. The molecular formula is C21H23F3N2O2. The summed E-state index contributed by atoms with van der Waals surface area (Å²) < 4.78 is 38.9. The highest BCUT2D eigenvalue weighted by Crippen LogP contribution is 2.31. The number of benzene rings is 2. The average Bonchev–Trinajstić information content (AvgIpc) is 2.67. The van der Waals surface area contributed by atoms with Crippen molar-refractivity contribution in [2.45, 2.75) is 32.0 Å². The fourth-order valence-corrected chi connectivity index (χ4v) is 2.87. The van der Waals surface area contributed by atoms with Gasteiger partial charge in [-0.05, 0) is 36.2 Å². The van der Waals surface area contributed by atoms with E-state index in [9.17, 15) is 22.8 Å². The van der Waals surface area contributed by atoms with E-state index in [-0.39, 0.29) is 12.5 Å². The first kappa shape index (κ1) is 21.5. The minimum Gasteiger partial charge on any atom is -0.348 e. The van der Waals surface area contributed by atoms with Crippen molar-refractivity contribution in [2.75, 3.05) is 13.6 Å². The number of alkyl halides is 3. The number of amides is 2. The number of hydrogen-bond acceptors (Lipinski definition) is 2. The van der Waals surface area contributed by atoms with Gasteiger partial charge >= 0.3 is 6.18 Å². The fourth-order valence-electron chi connectivity index (χ4n) is 2.87. The van der Waals surface area contributed by atoms with Crippen LogP contribution in [0.15, 0.2) is 54.6 Å². The fraction of sp³-hybridized carbons (Fsp3) is 0.333. The molecule has 2 amide bonds. The second kappa shape index (κ2) is 9.39. The minimum absolute atomic E-state index is 0.188. The summed E-state index contributed by atoms with van der Waals surface area (Å²) in [7, 11) is 1.51. The molecule has 0 heterocycles. The van der Waals surface area contributed by atoms with Crippen LogP contribution in [0.25, 0.3) is 0 Å². The number of hydrogen-bond donors (Lipinski definition) is 1. The van der Waals surface area contributed by atoms with Gasteiger partial charge in [-0.3, -0.25) is 9.59 Å². The largest absolute Gasteiger partial charge is 0.416 e. The lowest BCUT2D eigenvalue weighted by molar-refractivity contribution is -0.137. The number of nitrogens with one attached hydrogen (secondary N) is 1. The molecule has 28 heavy (non-hydrogen) atoms. The first-order valence-corrected chi connectivity index (χ1v) is 8.99. The Hall–Kier alpha value is -2.83. The Bertz CT molecular complexity index is 807. The molecule has 2 rings (SSSR count). The highest BCUT2D eigenvalue weighted by atomic mass is 19.4. The number of rotatable bonds is 7. The molecule has 0 aliphatic heterocycles. The first-order valence-electron chi connectivity index (χ1n) is 8.99. The molecular weight excluding hydrogens is 369 g/mol. The molecule has 4 nitrogen and oxygen atoms in total. The Morgan fingerprint density at radius 1 is 1.07 bits per heavy atom. The number of carbonyl (C=O) groups is 2. The molecule has 0 aliphatic carbocycles. The highest BCUT2D eigenvalue weighted by Gasteiger charge is 2.31. The van der Waals surface area contributed by atoms with Gasteiger partial charge in [-0.2, -0.15) is 13.2 Å². The predicted molar refractivity (Wildman–Crippen MR) is 101 cm³/mol. The molecule has 0 saturated carbocycles. The number of carbonyl (C=O) groups excluding carboxylic acids is 2. The summed E-state index contributed by atoms with van der Waals surface area (Å²) >= 11 is 0. The number of likely N-dealkylation sites (N-methyl/N-ethyl adjacent to an activating group) is 1. The van der Waals surface area contributed by atoms with Gasteiger partial charge in [0.05, 0.1) is 18.2 Å². The van der Waals surface area contributed by atoms with E-state index < -0.39 is 23.7 Å². The van der Waals surface area contributed by atoms with Crippen LogP contribution in [0, 0.1) is 0 Å². The third-order valence-electron chi connectivity index (χ3n) is 4.28. The Kier molecular flexibility index (Phi) is 7.20. The molecule has 2 aromatic carbocycles. The minimum atomic E-state index is -4.45. The molecule has 0 aromatic heterocycles. The molecule has 7 heteroatoms. The van der Waals surface area contributed by atoms with Crippen LogP contribution < -0.4 is 5.32 Å². The molecule has 150 valence electrons. The summed E-state index contributed by atoms with van der Waals surface area (Å²) in [5.41, 5.74) is 0.0968. The van der Waals surface area contributed by atoms with E-state index >= 15 is 0 Å². The summed E-state index contributed by atoms with van der Waals surface area (Å²) in [4.78, 5) is 26.0. The van der Waals surface area contributed by atoms with E-state index in [0.29, 0.717) is 24.0 Å². The third-order valence-corrected chi connectivity index (χ3v) is 4.28. The van der Waals surface area contributed by atoms with Crippen LogP contribution in [0.5, 0.6) is 0 Å². The molecule has 0 saturated heterocycles. The van der Waals surface area contributed by atoms with Crippen molar-refractivity contribution < 1.29 is 22.8 Å².